The molecule has 0 radical (unpaired) electrons. The van der Waals surface area contributed by atoms with Crippen molar-refractivity contribution in [2.75, 3.05) is 0 Å². The van der Waals surface area contributed by atoms with Gasteiger partial charge in [-0.1, -0.05) is 31.7 Å². The zero-order valence-electron chi connectivity index (χ0n) is 19.9. The lowest BCUT2D eigenvalue weighted by molar-refractivity contribution is -0.139. The number of hydrogen-bond donors (Lipinski definition) is 2. The van der Waals surface area contributed by atoms with E-state index in [1.54, 1.807) is 22.9 Å². The molecule has 0 aliphatic heterocycles. The van der Waals surface area contributed by atoms with Gasteiger partial charge in [-0.25, -0.2) is 4.79 Å². The van der Waals surface area contributed by atoms with Crippen LogP contribution in [0.2, 0.25) is 0 Å². The Balaban J connectivity index is 1.16. The van der Waals surface area contributed by atoms with Crippen molar-refractivity contribution >= 4 is 22.8 Å². The van der Waals surface area contributed by atoms with Crippen molar-refractivity contribution in [3.63, 3.8) is 0 Å². The van der Waals surface area contributed by atoms with Crippen LogP contribution in [0.1, 0.15) is 78.7 Å². The molecule has 1 unspecified atom stereocenters. The topological polar surface area (TPSA) is 97.1 Å². The highest BCUT2D eigenvalue weighted by Gasteiger charge is 2.20. The first-order chi connectivity index (χ1) is 16.5. The second-order valence-corrected chi connectivity index (χ2v) is 9.36. The number of benzene rings is 1. The van der Waals surface area contributed by atoms with Gasteiger partial charge < -0.3 is 10.4 Å². The molecule has 0 saturated heterocycles. The lowest BCUT2D eigenvalue weighted by atomic mass is 9.95. The molecule has 7 nitrogen and oxygen atoms in total. The van der Waals surface area contributed by atoms with Crippen LogP contribution in [0, 0.1) is 0 Å². The Labute approximate surface area is 200 Å². The fraction of sp³-hybridized carbons (Fsp3) is 0.481. The van der Waals surface area contributed by atoms with E-state index in [2.05, 4.69) is 22.5 Å². The Hall–Kier alpha value is -3.22. The molecule has 0 fully saturated rings. The summed E-state index contributed by atoms with van der Waals surface area (Å²) in [5, 5.41) is 17.4. The number of unbranched alkanes of at least 4 members (excludes halogenated alkanes) is 4. The summed E-state index contributed by atoms with van der Waals surface area (Å²) in [5.74, 6) is -1.36. The molecule has 7 heteroatoms. The summed E-state index contributed by atoms with van der Waals surface area (Å²) in [6.45, 7) is 0. The third-order valence-corrected chi connectivity index (χ3v) is 6.65. The third kappa shape index (κ3) is 6.22. The van der Waals surface area contributed by atoms with E-state index in [4.69, 9.17) is 4.98 Å². The molecule has 2 aromatic heterocycles. The van der Waals surface area contributed by atoms with Crippen LogP contribution in [0.25, 0.3) is 10.9 Å². The van der Waals surface area contributed by atoms with Crippen LogP contribution in [0.15, 0.2) is 36.5 Å². The second-order valence-electron chi connectivity index (χ2n) is 9.36. The minimum atomic E-state index is -0.991. The number of aromatic nitrogens is 3. The maximum absolute atomic E-state index is 12.6. The molecular formula is C27H34N4O3. The summed E-state index contributed by atoms with van der Waals surface area (Å²) in [6.07, 6.45) is 13.1. The zero-order chi connectivity index (χ0) is 23.9. The van der Waals surface area contributed by atoms with Crippen LogP contribution in [-0.4, -0.2) is 37.8 Å². The molecule has 3 aromatic rings. The summed E-state index contributed by atoms with van der Waals surface area (Å²) in [6, 6.07) is 8.76. The number of rotatable bonds is 11. The van der Waals surface area contributed by atoms with Crippen molar-refractivity contribution in [3.05, 3.63) is 59.0 Å². The number of hydrogen-bond acceptors (Lipinski definition) is 4. The number of carbonyl (C=O) groups excluding carboxylic acids is 1. The van der Waals surface area contributed by atoms with Crippen LogP contribution in [0.4, 0.5) is 0 Å². The Morgan fingerprint density at radius 3 is 2.71 bits per heavy atom. The molecule has 1 amide bonds. The first kappa shape index (κ1) is 23.9. The van der Waals surface area contributed by atoms with Crippen LogP contribution in [-0.2, 0) is 31.1 Å². The summed E-state index contributed by atoms with van der Waals surface area (Å²) < 4.78 is 1.69. The van der Waals surface area contributed by atoms with Gasteiger partial charge in [-0.15, -0.1) is 0 Å². The van der Waals surface area contributed by atoms with Crippen molar-refractivity contribution in [1.82, 2.24) is 20.1 Å². The van der Waals surface area contributed by atoms with Gasteiger partial charge in [0.1, 0.15) is 6.04 Å². The van der Waals surface area contributed by atoms with E-state index in [-0.39, 0.29) is 5.91 Å². The quantitative estimate of drug-likeness (QED) is 0.406. The van der Waals surface area contributed by atoms with Gasteiger partial charge in [-0.05, 0) is 74.8 Å². The highest BCUT2D eigenvalue weighted by atomic mass is 16.4. The highest BCUT2D eigenvalue weighted by molar-refractivity contribution is 5.99. The van der Waals surface area contributed by atoms with Crippen LogP contribution in [0.3, 0.4) is 0 Å². The molecular weight excluding hydrogens is 428 g/mol. The van der Waals surface area contributed by atoms with Gasteiger partial charge in [0.15, 0.2) is 0 Å². The van der Waals surface area contributed by atoms with Gasteiger partial charge in [0, 0.05) is 35.6 Å². The zero-order valence-corrected chi connectivity index (χ0v) is 19.9. The SMILES string of the molecule is Cn1cc2cc(C(=O)NC(CCCCCCCc3ccc4c(n3)CCCC4)C(=O)O)ccc2n1. The van der Waals surface area contributed by atoms with Crippen molar-refractivity contribution < 1.29 is 14.7 Å². The summed E-state index contributed by atoms with van der Waals surface area (Å²) in [4.78, 5) is 29.1. The van der Waals surface area contributed by atoms with E-state index in [1.165, 1.54) is 36.2 Å². The molecule has 0 bridgehead atoms. The number of carboxylic acids is 1. The van der Waals surface area contributed by atoms with E-state index in [0.29, 0.717) is 12.0 Å². The molecule has 4 rings (SSSR count). The van der Waals surface area contributed by atoms with Gasteiger partial charge in [0.25, 0.3) is 5.91 Å². The predicted molar refractivity (Wildman–Crippen MR) is 132 cm³/mol. The normalized spacial score (nSPS) is 14.0. The minimum absolute atomic E-state index is 0.365. The van der Waals surface area contributed by atoms with Crippen molar-refractivity contribution in [2.24, 2.45) is 7.05 Å². The average molecular weight is 463 g/mol. The minimum Gasteiger partial charge on any atom is -0.480 e. The van der Waals surface area contributed by atoms with Gasteiger partial charge in [-0.2, -0.15) is 5.10 Å². The van der Waals surface area contributed by atoms with Crippen molar-refractivity contribution in [2.45, 2.75) is 76.7 Å². The number of pyridine rings is 1. The van der Waals surface area contributed by atoms with E-state index in [9.17, 15) is 14.7 Å². The van der Waals surface area contributed by atoms with E-state index >= 15 is 0 Å². The number of carboxylic acid groups (broad SMARTS) is 1. The number of amides is 1. The molecule has 1 aliphatic rings. The lowest BCUT2D eigenvalue weighted by Gasteiger charge is -2.15. The van der Waals surface area contributed by atoms with Crippen molar-refractivity contribution in [3.8, 4) is 0 Å². The van der Waals surface area contributed by atoms with Gasteiger partial charge in [0.2, 0.25) is 0 Å². The fourth-order valence-electron chi connectivity index (χ4n) is 4.74. The van der Waals surface area contributed by atoms with Crippen LogP contribution >= 0.6 is 0 Å². The maximum Gasteiger partial charge on any atom is 0.326 e. The van der Waals surface area contributed by atoms with Crippen LogP contribution in [0.5, 0.6) is 0 Å². The number of fused-ring (bicyclic) bond motifs is 2. The molecule has 0 spiro atoms. The largest absolute Gasteiger partial charge is 0.480 e. The smallest absolute Gasteiger partial charge is 0.326 e. The monoisotopic (exact) mass is 462 g/mol. The second kappa shape index (κ2) is 11.3. The maximum atomic E-state index is 12.6. The van der Waals surface area contributed by atoms with Gasteiger partial charge in [0.05, 0.1) is 5.52 Å². The number of nitrogens with one attached hydrogen (secondary N) is 1. The molecule has 1 atom stereocenters. The lowest BCUT2D eigenvalue weighted by Crippen LogP contribution is -2.40. The summed E-state index contributed by atoms with van der Waals surface area (Å²) >= 11 is 0. The first-order valence-electron chi connectivity index (χ1n) is 12.4. The molecule has 2 heterocycles. The van der Waals surface area contributed by atoms with Crippen LogP contribution < -0.4 is 5.32 Å². The molecule has 0 saturated carbocycles. The fourth-order valence-corrected chi connectivity index (χ4v) is 4.74. The van der Waals surface area contributed by atoms with E-state index in [1.807, 2.05) is 13.2 Å². The van der Waals surface area contributed by atoms with Crippen molar-refractivity contribution in [1.29, 1.82) is 0 Å². The van der Waals surface area contributed by atoms with E-state index in [0.717, 1.165) is 55.8 Å². The molecule has 1 aliphatic carbocycles. The number of carbonyl (C=O) groups is 2. The standard InChI is InChI=1S/C27H34N4O3/c1-31-18-21-17-20(14-16-24(21)30-31)26(32)29-25(27(33)34)12-6-4-2-3-5-10-22-15-13-19-9-7-8-11-23(19)28-22/h13-18,25H,2-12H2,1H3,(H,29,32)(H,33,34). The molecule has 34 heavy (non-hydrogen) atoms. The summed E-state index contributed by atoms with van der Waals surface area (Å²) in [7, 11) is 1.82. The number of aliphatic carboxylic acids is 1. The van der Waals surface area contributed by atoms with Gasteiger partial charge in [-0.3, -0.25) is 14.5 Å². The van der Waals surface area contributed by atoms with Gasteiger partial charge >= 0.3 is 5.97 Å². The third-order valence-electron chi connectivity index (χ3n) is 6.65. The number of nitrogens with zero attached hydrogens (tertiary/aromatic N) is 3. The first-order valence-corrected chi connectivity index (χ1v) is 12.4. The van der Waals surface area contributed by atoms with E-state index < -0.39 is 12.0 Å². The molecule has 2 N–H and O–H groups in total. The Morgan fingerprint density at radius 1 is 1.06 bits per heavy atom. The Kier molecular flexibility index (Phi) is 7.93. The summed E-state index contributed by atoms with van der Waals surface area (Å²) in [5.41, 5.74) is 5.16. The average Bonchev–Trinajstić information content (AvgIpc) is 3.21. The highest BCUT2D eigenvalue weighted by Crippen LogP contribution is 2.20. The Morgan fingerprint density at radius 2 is 1.85 bits per heavy atom. The molecule has 180 valence electrons. The Bertz CT molecular complexity index is 1150. The number of aryl methyl sites for hydroxylation is 4. The molecule has 1 aromatic carbocycles. The predicted octanol–water partition coefficient (Wildman–Crippen LogP) is 4.61.